The number of Topliss-reactive ketones (excluding diaryl/α,β-unsaturated/α-hetero) is 1. The van der Waals surface area contributed by atoms with Gasteiger partial charge in [-0.15, -0.1) is 0 Å². The number of urea groups is 1. The minimum Gasteiger partial charge on any atom is -0.497 e. The van der Waals surface area contributed by atoms with E-state index in [1.807, 2.05) is 20.9 Å². The second kappa shape index (κ2) is 12.6. The molecule has 2 aliphatic rings. The maximum absolute atomic E-state index is 15.3. The van der Waals surface area contributed by atoms with Gasteiger partial charge >= 0.3 is 6.03 Å². The first kappa shape index (κ1) is 31.6. The summed E-state index contributed by atoms with van der Waals surface area (Å²) in [7, 11) is 3.29. The van der Waals surface area contributed by atoms with Crippen LogP contribution >= 0.6 is 0 Å². The molecule has 12 nitrogen and oxygen atoms in total. The lowest BCUT2D eigenvalue weighted by Gasteiger charge is -2.26. The molecule has 1 fully saturated rings. The van der Waals surface area contributed by atoms with Gasteiger partial charge in [0.25, 0.3) is 5.91 Å². The van der Waals surface area contributed by atoms with E-state index in [4.69, 9.17) is 14.2 Å². The number of aryl methyl sites for hydroxylation is 2. The van der Waals surface area contributed by atoms with E-state index in [9.17, 15) is 14.4 Å². The molecule has 250 valence electrons. The van der Waals surface area contributed by atoms with Crippen molar-refractivity contribution in [2.24, 2.45) is 7.05 Å². The van der Waals surface area contributed by atoms with Crippen LogP contribution in [0.4, 0.5) is 20.6 Å². The summed E-state index contributed by atoms with van der Waals surface area (Å²) in [5, 5.41) is 10.5. The van der Waals surface area contributed by atoms with Crippen LogP contribution in [0.15, 0.2) is 60.4 Å². The molecular formula is C36H33FN6O6. The maximum Gasteiger partial charge on any atom is 0.323 e. The third-order valence-electron chi connectivity index (χ3n) is 8.76. The number of nitrogens with zero attached hydrogens (tertiary/aromatic N) is 3. The molecular weight excluding hydrogens is 631 g/mol. The van der Waals surface area contributed by atoms with Crippen LogP contribution in [0.2, 0.25) is 0 Å². The predicted molar refractivity (Wildman–Crippen MR) is 182 cm³/mol. The van der Waals surface area contributed by atoms with E-state index in [2.05, 4.69) is 20.7 Å². The number of carbonyl (C=O) groups is 3. The number of amides is 3. The average molecular weight is 665 g/mol. The number of aromatic amines is 1. The summed E-state index contributed by atoms with van der Waals surface area (Å²) < 4.78 is 33.6. The number of rotatable bonds is 6. The van der Waals surface area contributed by atoms with Gasteiger partial charge in [0.2, 0.25) is 5.78 Å². The molecule has 1 saturated heterocycles. The van der Waals surface area contributed by atoms with Crippen LogP contribution in [-0.4, -0.2) is 70.8 Å². The number of allylic oxidation sites excluding steroid dienone is 1. The van der Waals surface area contributed by atoms with Gasteiger partial charge in [0.1, 0.15) is 11.5 Å². The average Bonchev–Trinajstić information content (AvgIpc) is 3.70. The first-order chi connectivity index (χ1) is 23.6. The molecule has 0 atom stereocenters. The Morgan fingerprint density at radius 3 is 2.43 bits per heavy atom. The number of ketones is 1. The minimum atomic E-state index is -0.532. The number of methoxy groups -OCH3 is 1. The zero-order chi connectivity index (χ0) is 34.4. The van der Waals surface area contributed by atoms with Crippen molar-refractivity contribution in [1.82, 2.24) is 19.7 Å². The third-order valence-corrected chi connectivity index (χ3v) is 8.76. The van der Waals surface area contributed by atoms with Crippen molar-refractivity contribution >= 4 is 46.1 Å². The molecule has 0 unspecified atom stereocenters. The quantitative estimate of drug-likeness (QED) is 0.187. The number of morpholine rings is 1. The van der Waals surface area contributed by atoms with Crippen molar-refractivity contribution in [3.63, 3.8) is 0 Å². The van der Waals surface area contributed by atoms with Crippen molar-refractivity contribution in [1.29, 1.82) is 0 Å². The van der Waals surface area contributed by atoms with E-state index in [-0.39, 0.29) is 22.7 Å². The maximum atomic E-state index is 15.3. The van der Waals surface area contributed by atoms with Crippen molar-refractivity contribution in [2.45, 2.75) is 13.8 Å². The van der Waals surface area contributed by atoms with E-state index in [1.54, 1.807) is 58.1 Å². The fourth-order valence-electron chi connectivity index (χ4n) is 6.19. The lowest BCUT2D eigenvalue weighted by molar-refractivity contribution is 0.0303. The largest absolute Gasteiger partial charge is 0.497 e. The second-order valence-electron chi connectivity index (χ2n) is 11.8. The summed E-state index contributed by atoms with van der Waals surface area (Å²) in [6.45, 7) is 5.87. The monoisotopic (exact) mass is 664 g/mol. The van der Waals surface area contributed by atoms with E-state index >= 15 is 4.39 Å². The molecule has 3 amide bonds. The first-order valence-electron chi connectivity index (χ1n) is 15.6. The number of halogens is 1. The normalized spacial score (nSPS) is 15.0. The zero-order valence-corrected chi connectivity index (χ0v) is 27.3. The second-order valence-corrected chi connectivity index (χ2v) is 11.8. The summed E-state index contributed by atoms with van der Waals surface area (Å²) in [4.78, 5) is 44.2. The van der Waals surface area contributed by atoms with Crippen molar-refractivity contribution in [2.75, 3.05) is 44.0 Å². The standard InChI is InChI=1S/C36H33FN6O6/c1-19-31(20(2)42(3)41-19)33-26(25-16-24(47-4)17-28(37)32(25)40-33)18-30-34(44)27-15-23(9-10-29(27)49-30)39-36(46)38-22-7-5-21(6-8-22)35(45)43-11-13-48-14-12-43/h5-10,15-18,40H,11-14H2,1-4H3,(H2,38,39,46)/b30-18+. The van der Waals surface area contributed by atoms with Gasteiger partial charge in [0, 0.05) is 65.3 Å². The number of benzene rings is 3. The van der Waals surface area contributed by atoms with Crippen molar-refractivity contribution < 1.29 is 33.0 Å². The van der Waals surface area contributed by atoms with Gasteiger partial charge in [0.15, 0.2) is 11.6 Å². The van der Waals surface area contributed by atoms with Crippen LogP contribution in [0.5, 0.6) is 11.5 Å². The van der Waals surface area contributed by atoms with Crippen LogP contribution in [0, 0.1) is 19.7 Å². The molecule has 2 aromatic heterocycles. The number of aromatic nitrogens is 3. The van der Waals surface area contributed by atoms with Crippen LogP contribution in [0.3, 0.4) is 0 Å². The lowest BCUT2D eigenvalue weighted by atomic mass is 10.0. The highest BCUT2D eigenvalue weighted by Crippen LogP contribution is 2.40. The van der Waals surface area contributed by atoms with Crippen molar-refractivity contribution in [3.8, 4) is 22.8 Å². The van der Waals surface area contributed by atoms with Gasteiger partial charge in [-0.05, 0) is 68.5 Å². The van der Waals surface area contributed by atoms with Crippen LogP contribution < -0.4 is 20.1 Å². The molecule has 0 aliphatic carbocycles. The SMILES string of the molecule is COc1cc(F)c2[nH]c(-c3c(C)nn(C)c3C)c(/C=C3/Oc4ccc(NC(=O)Nc5ccc(C(=O)N6CCOCC6)cc5)cc4C3=O)c2c1. The van der Waals surface area contributed by atoms with E-state index < -0.39 is 17.6 Å². The van der Waals surface area contributed by atoms with Gasteiger partial charge in [-0.1, -0.05) is 0 Å². The predicted octanol–water partition coefficient (Wildman–Crippen LogP) is 6.07. The first-order valence-corrected chi connectivity index (χ1v) is 15.6. The Kier molecular flexibility index (Phi) is 8.12. The summed E-state index contributed by atoms with van der Waals surface area (Å²) in [6, 6.07) is 13.9. The number of anilines is 2. The van der Waals surface area contributed by atoms with E-state index in [0.29, 0.717) is 71.4 Å². The van der Waals surface area contributed by atoms with E-state index in [0.717, 1.165) is 17.0 Å². The highest BCUT2D eigenvalue weighted by molar-refractivity contribution is 6.16. The summed E-state index contributed by atoms with van der Waals surface area (Å²) in [6.07, 6.45) is 1.59. The molecule has 5 aromatic rings. The highest BCUT2D eigenvalue weighted by atomic mass is 19.1. The lowest BCUT2D eigenvalue weighted by Crippen LogP contribution is -2.40. The van der Waals surface area contributed by atoms with Crippen LogP contribution in [0.1, 0.15) is 37.7 Å². The molecule has 3 N–H and O–H groups in total. The number of fused-ring (bicyclic) bond motifs is 2. The van der Waals surface area contributed by atoms with Gasteiger partial charge in [-0.3, -0.25) is 14.3 Å². The molecule has 0 saturated carbocycles. The van der Waals surface area contributed by atoms with Crippen LogP contribution in [-0.2, 0) is 11.8 Å². The number of nitrogens with one attached hydrogen (secondary N) is 3. The fourth-order valence-corrected chi connectivity index (χ4v) is 6.19. The summed E-state index contributed by atoms with van der Waals surface area (Å²) >= 11 is 0. The highest BCUT2D eigenvalue weighted by Gasteiger charge is 2.30. The fraction of sp³-hybridized carbons (Fsp3) is 0.222. The van der Waals surface area contributed by atoms with Gasteiger partial charge < -0.3 is 34.7 Å². The summed E-state index contributed by atoms with van der Waals surface area (Å²) in [5.74, 6) is -0.318. The molecule has 2 aliphatic heterocycles. The van der Waals surface area contributed by atoms with Gasteiger partial charge in [0.05, 0.1) is 42.8 Å². The number of carbonyl (C=O) groups excluding carboxylic acids is 3. The molecule has 0 radical (unpaired) electrons. The Bertz CT molecular complexity index is 2180. The van der Waals surface area contributed by atoms with Crippen LogP contribution in [0.25, 0.3) is 28.2 Å². The molecule has 3 aromatic carbocycles. The topological polar surface area (TPSA) is 140 Å². The Morgan fingerprint density at radius 1 is 1.02 bits per heavy atom. The molecule has 7 rings (SSSR count). The molecule has 0 bridgehead atoms. The van der Waals surface area contributed by atoms with Gasteiger partial charge in [-0.2, -0.15) is 5.10 Å². The molecule has 13 heteroatoms. The summed E-state index contributed by atoms with van der Waals surface area (Å²) in [5.41, 5.74) is 5.38. The smallest absolute Gasteiger partial charge is 0.323 e. The minimum absolute atomic E-state index is 0.0351. The van der Waals surface area contributed by atoms with Gasteiger partial charge in [-0.25, -0.2) is 9.18 Å². The number of H-pyrrole nitrogens is 1. The number of hydrogen-bond acceptors (Lipinski definition) is 7. The Balaban J connectivity index is 1.12. The Morgan fingerprint density at radius 2 is 1.73 bits per heavy atom. The third kappa shape index (κ3) is 5.89. The van der Waals surface area contributed by atoms with E-state index in [1.165, 1.54) is 19.2 Å². The Labute approximate surface area is 280 Å². The molecule has 0 spiro atoms. The molecule has 49 heavy (non-hydrogen) atoms. The Hall–Kier alpha value is -5.95. The molecule has 4 heterocycles. The van der Waals surface area contributed by atoms with Crippen molar-refractivity contribution in [3.05, 3.63) is 94.3 Å². The number of hydrogen-bond donors (Lipinski definition) is 3. The number of ether oxygens (including phenoxy) is 3. The zero-order valence-electron chi connectivity index (χ0n) is 27.3.